The summed E-state index contributed by atoms with van der Waals surface area (Å²) in [5.74, 6) is 0.703. The van der Waals surface area contributed by atoms with Crippen molar-refractivity contribution >= 4 is 5.69 Å². The van der Waals surface area contributed by atoms with Crippen molar-refractivity contribution in [3.8, 4) is 17.1 Å². The summed E-state index contributed by atoms with van der Waals surface area (Å²) in [6.07, 6.45) is 0. The van der Waals surface area contributed by atoms with Crippen LogP contribution in [0.1, 0.15) is 5.56 Å². The first-order chi connectivity index (χ1) is 9.25. The van der Waals surface area contributed by atoms with Gasteiger partial charge in [-0.3, -0.25) is 0 Å². The fourth-order valence-corrected chi connectivity index (χ4v) is 1.96. The lowest BCUT2D eigenvalue weighted by molar-refractivity contribution is 0.787. The maximum atomic E-state index is 5.69. The molecule has 0 aliphatic rings. The van der Waals surface area contributed by atoms with Crippen LogP contribution in [0.5, 0.6) is 0 Å². The number of benzene rings is 2. The SMILES string of the molecule is Cc1ccccc1-n1nnnc1-c1ccc(N)cc1. The zero-order valence-electron chi connectivity index (χ0n) is 10.5. The fraction of sp³-hybridized carbons (Fsp3) is 0.0714. The van der Waals surface area contributed by atoms with Crippen molar-refractivity contribution in [1.82, 2.24) is 20.2 Å². The fourth-order valence-electron chi connectivity index (χ4n) is 1.96. The van der Waals surface area contributed by atoms with E-state index in [9.17, 15) is 0 Å². The second kappa shape index (κ2) is 4.53. The van der Waals surface area contributed by atoms with Gasteiger partial charge in [0, 0.05) is 11.3 Å². The third-order valence-corrected chi connectivity index (χ3v) is 2.98. The van der Waals surface area contributed by atoms with Crippen LogP contribution in [0, 0.1) is 6.92 Å². The number of hydrogen-bond acceptors (Lipinski definition) is 4. The minimum absolute atomic E-state index is 0.703. The van der Waals surface area contributed by atoms with Crippen molar-refractivity contribution in [1.29, 1.82) is 0 Å². The number of nitrogen functional groups attached to an aromatic ring is 1. The van der Waals surface area contributed by atoms with E-state index in [0.29, 0.717) is 5.82 Å². The lowest BCUT2D eigenvalue weighted by Gasteiger charge is -2.07. The molecule has 0 unspecified atom stereocenters. The number of nitrogens with two attached hydrogens (primary N) is 1. The third-order valence-electron chi connectivity index (χ3n) is 2.98. The van der Waals surface area contributed by atoms with Gasteiger partial charge in [0.25, 0.3) is 0 Å². The number of anilines is 1. The van der Waals surface area contributed by atoms with Gasteiger partial charge in [-0.15, -0.1) is 5.10 Å². The number of aromatic nitrogens is 4. The summed E-state index contributed by atoms with van der Waals surface area (Å²) in [5.41, 5.74) is 9.44. The topological polar surface area (TPSA) is 69.6 Å². The van der Waals surface area contributed by atoms with Gasteiger partial charge in [-0.25, -0.2) is 0 Å². The first-order valence-corrected chi connectivity index (χ1v) is 5.96. The number of para-hydroxylation sites is 1. The Balaban J connectivity index is 2.13. The molecule has 0 saturated carbocycles. The highest BCUT2D eigenvalue weighted by molar-refractivity contribution is 5.60. The van der Waals surface area contributed by atoms with Crippen molar-refractivity contribution in [2.75, 3.05) is 5.73 Å². The van der Waals surface area contributed by atoms with Gasteiger partial charge >= 0.3 is 0 Å². The molecule has 5 heteroatoms. The average molecular weight is 251 g/mol. The van der Waals surface area contributed by atoms with Crippen molar-refractivity contribution in [2.45, 2.75) is 6.92 Å². The Bertz CT molecular complexity index is 700. The predicted octanol–water partition coefficient (Wildman–Crippen LogP) is 2.22. The van der Waals surface area contributed by atoms with Crippen LogP contribution in [0.3, 0.4) is 0 Å². The lowest BCUT2D eigenvalue weighted by Crippen LogP contribution is -2.01. The number of aryl methyl sites for hydroxylation is 1. The summed E-state index contributed by atoms with van der Waals surface area (Å²) >= 11 is 0. The van der Waals surface area contributed by atoms with E-state index in [0.717, 1.165) is 22.5 Å². The molecule has 94 valence electrons. The summed E-state index contributed by atoms with van der Waals surface area (Å²) in [5, 5.41) is 11.9. The molecule has 0 radical (unpaired) electrons. The second-order valence-corrected chi connectivity index (χ2v) is 4.32. The molecule has 0 aliphatic heterocycles. The van der Waals surface area contributed by atoms with E-state index in [4.69, 9.17) is 5.73 Å². The maximum absolute atomic E-state index is 5.69. The highest BCUT2D eigenvalue weighted by Gasteiger charge is 2.11. The van der Waals surface area contributed by atoms with Gasteiger partial charge < -0.3 is 5.73 Å². The minimum Gasteiger partial charge on any atom is -0.399 e. The monoisotopic (exact) mass is 251 g/mol. The zero-order chi connectivity index (χ0) is 13.2. The molecule has 0 amide bonds. The Morgan fingerprint density at radius 1 is 1.00 bits per heavy atom. The number of rotatable bonds is 2. The number of nitrogens with zero attached hydrogens (tertiary/aromatic N) is 4. The van der Waals surface area contributed by atoms with E-state index in [-0.39, 0.29) is 0 Å². The minimum atomic E-state index is 0.703. The van der Waals surface area contributed by atoms with Crippen LogP contribution in [0.25, 0.3) is 17.1 Å². The van der Waals surface area contributed by atoms with Crippen molar-refractivity contribution in [3.63, 3.8) is 0 Å². The summed E-state index contributed by atoms with van der Waals surface area (Å²) in [7, 11) is 0. The molecule has 3 aromatic rings. The van der Waals surface area contributed by atoms with Crippen LogP contribution in [0.4, 0.5) is 5.69 Å². The Hall–Kier alpha value is -2.69. The number of tetrazole rings is 1. The molecule has 0 bridgehead atoms. The largest absolute Gasteiger partial charge is 0.399 e. The molecule has 2 aromatic carbocycles. The quantitative estimate of drug-likeness (QED) is 0.709. The van der Waals surface area contributed by atoms with Gasteiger partial charge in [0.15, 0.2) is 5.82 Å². The first-order valence-electron chi connectivity index (χ1n) is 5.96. The Labute approximate surface area is 110 Å². The molecule has 3 rings (SSSR count). The van der Waals surface area contributed by atoms with E-state index < -0.39 is 0 Å². The molecule has 19 heavy (non-hydrogen) atoms. The van der Waals surface area contributed by atoms with Gasteiger partial charge in [-0.1, -0.05) is 18.2 Å². The van der Waals surface area contributed by atoms with E-state index >= 15 is 0 Å². The molecule has 0 aliphatic carbocycles. The lowest BCUT2D eigenvalue weighted by atomic mass is 10.1. The summed E-state index contributed by atoms with van der Waals surface area (Å²) in [6, 6.07) is 15.5. The molecule has 0 atom stereocenters. The molecule has 1 aromatic heterocycles. The Kier molecular flexibility index (Phi) is 2.72. The van der Waals surface area contributed by atoms with Gasteiger partial charge in [0.1, 0.15) is 0 Å². The number of hydrogen-bond donors (Lipinski definition) is 1. The van der Waals surface area contributed by atoms with Gasteiger partial charge in [-0.05, 0) is 53.2 Å². The molecule has 1 heterocycles. The standard InChI is InChI=1S/C14H13N5/c1-10-4-2-3-5-13(10)19-14(16-17-18-19)11-6-8-12(15)9-7-11/h2-9H,15H2,1H3. The van der Waals surface area contributed by atoms with E-state index in [2.05, 4.69) is 15.5 Å². The van der Waals surface area contributed by atoms with Crippen LogP contribution in [-0.2, 0) is 0 Å². The smallest absolute Gasteiger partial charge is 0.187 e. The maximum Gasteiger partial charge on any atom is 0.187 e. The van der Waals surface area contributed by atoms with Crippen LogP contribution >= 0.6 is 0 Å². The van der Waals surface area contributed by atoms with Crippen LogP contribution < -0.4 is 5.73 Å². The molecular weight excluding hydrogens is 238 g/mol. The average Bonchev–Trinajstić information content (AvgIpc) is 2.89. The van der Waals surface area contributed by atoms with Crippen LogP contribution in [0.2, 0.25) is 0 Å². The zero-order valence-corrected chi connectivity index (χ0v) is 10.5. The first kappa shape index (κ1) is 11.4. The van der Waals surface area contributed by atoms with Crippen molar-refractivity contribution in [3.05, 3.63) is 54.1 Å². The van der Waals surface area contributed by atoms with E-state index in [1.807, 2.05) is 55.5 Å². The normalized spacial score (nSPS) is 10.6. The van der Waals surface area contributed by atoms with Crippen molar-refractivity contribution < 1.29 is 0 Å². The van der Waals surface area contributed by atoms with Crippen LogP contribution in [-0.4, -0.2) is 20.2 Å². The van der Waals surface area contributed by atoms with E-state index in [1.54, 1.807) is 4.68 Å². The van der Waals surface area contributed by atoms with Gasteiger partial charge in [0.2, 0.25) is 0 Å². The molecule has 0 fully saturated rings. The third kappa shape index (κ3) is 2.06. The highest BCUT2D eigenvalue weighted by atomic mass is 15.5. The summed E-state index contributed by atoms with van der Waals surface area (Å²) in [4.78, 5) is 0. The molecule has 0 spiro atoms. The Morgan fingerprint density at radius 3 is 2.47 bits per heavy atom. The summed E-state index contributed by atoms with van der Waals surface area (Å²) < 4.78 is 1.74. The molecule has 2 N–H and O–H groups in total. The Morgan fingerprint density at radius 2 is 1.74 bits per heavy atom. The molecule has 0 saturated heterocycles. The predicted molar refractivity (Wildman–Crippen MR) is 73.7 cm³/mol. The van der Waals surface area contributed by atoms with Gasteiger partial charge in [-0.2, -0.15) is 4.68 Å². The van der Waals surface area contributed by atoms with Crippen LogP contribution in [0.15, 0.2) is 48.5 Å². The molecule has 5 nitrogen and oxygen atoms in total. The molecular formula is C14H13N5. The van der Waals surface area contributed by atoms with E-state index in [1.165, 1.54) is 0 Å². The highest BCUT2D eigenvalue weighted by Crippen LogP contribution is 2.21. The second-order valence-electron chi connectivity index (χ2n) is 4.32. The summed E-state index contributed by atoms with van der Waals surface area (Å²) in [6.45, 7) is 2.03. The van der Waals surface area contributed by atoms with Crippen molar-refractivity contribution in [2.24, 2.45) is 0 Å². The van der Waals surface area contributed by atoms with Gasteiger partial charge in [0.05, 0.1) is 5.69 Å².